The summed E-state index contributed by atoms with van der Waals surface area (Å²) in [5.41, 5.74) is 7.10. The summed E-state index contributed by atoms with van der Waals surface area (Å²) in [4.78, 5) is 0. The number of nitrogens with two attached hydrogens (primary N) is 1. The van der Waals surface area contributed by atoms with Gasteiger partial charge in [-0.05, 0) is 49.3 Å². The number of benzene rings is 1. The van der Waals surface area contributed by atoms with Crippen molar-refractivity contribution in [1.82, 2.24) is 0 Å². The highest BCUT2D eigenvalue weighted by atomic mass is 35.5. The van der Waals surface area contributed by atoms with Gasteiger partial charge in [0.2, 0.25) is 0 Å². The third-order valence-corrected chi connectivity index (χ3v) is 3.93. The van der Waals surface area contributed by atoms with Crippen molar-refractivity contribution >= 4 is 11.6 Å². The minimum absolute atomic E-state index is 0.381. The molecule has 0 bridgehead atoms. The molecule has 1 unspecified atom stereocenters. The van der Waals surface area contributed by atoms with Gasteiger partial charge in [0.1, 0.15) is 0 Å². The molecule has 1 aromatic rings. The molecule has 1 saturated heterocycles. The monoisotopic (exact) mass is 253 g/mol. The van der Waals surface area contributed by atoms with Crippen LogP contribution in [0.25, 0.3) is 0 Å². The summed E-state index contributed by atoms with van der Waals surface area (Å²) < 4.78 is 5.39. The van der Waals surface area contributed by atoms with Gasteiger partial charge >= 0.3 is 0 Å². The fraction of sp³-hybridized carbons (Fsp3) is 0.571. The van der Waals surface area contributed by atoms with Crippen LogP contribution in [0.2, 0.25) is 5.02 Å². The Bertz CT molecular complexity index is 350. The smallest absolute Gasteiger partial charge is 0.0468 e. The lowest BCUT2D eigenvalue weighted by Crippen LogP contribution is -2.21. The molecule has 0 aliphatic carbocycles. The van der Waals surface area contributed by atoms with Crippen molar-refractivity contribution in [2.75, 3.05) is 19.8 Å². The zero-order chi connectivity index (χ0) is 12.1. The van der Waals surface area contributed by atoms with Gasteiger partial charge in [0.15, 0.2) is 0 Å². The molecular formula is C14H20ClNO. The van der Waals surface area contributed by atoms with Gasteiger partial charge in [-0.15, -0.1) is 0 Å². The molecule has 0 saturated carbocycles. The van der Waals surface area contributed by atoms with Gasteiger partial charge in [0.05, 0.1) is 0 Å². The fourth-order valence-corrected chi connectivity index (χ4v) is 2.83. The van der Waals surface area contributed by atoms with E-state index in [2.05, 4.69) is 6.07 Å². The Kier molecular flexibility index (Phi) is 4.84. The average Bonchev–Trinajstić information content (AvgIpc) is 2.38. The van der Waals surface area contributed by atoms with E-state index >= 15 is 0 Å². The second-order valence-corrected chi connectivity index (χ2v) is 5.15. The highest BCUT2D eigenvalue weighted by Gasteiger charge is 2.20. The van der Waals surface area contributed by atoms with Crippen LogP contribution in [0.5, 0.6) is 0 Å². The second-order valence-electron chi connectivity index (χ2n) is 4.75. The molecule has 0 radical (unpaired) electrons. The van der Waals surface area contributed by atoms with Crippen molar-refractivity contribution in [1.29, 1.82) is 0 Å². The molecule has 1 aliphatic heterocycles. The lowest BCUT2D eigenvalue weighted by atomic mass is 9.85. The minimum Gasteiger partial charge on any atom is -0.381 e. The van der Waals surface area contributed by atoms with Crippen LogP contribution in [0.1, 0.15) is 30.7 Å². The van der Waals surface area contributed by atoms with Crippen molar-refractivity contribution in [3.63, 3.8) is 0 Å². The van der Waals surface area contributed by atoms with Crippen LogP contribution < -0.4 is 5.73 Å². The minimum atomic E-state index is 0.381. The maximum absolute atomic E-state index is 6.24. The Labute approximate surface area is 108 Å². The van der Waals surface area contributed by atoms with Gasteiger partial charge in [0.25, 0.3) is 0 Å². The maximum Gasteiger partial charge on any atom is 0.0468 e. The van der Waals surface area contributed by atoms with E-state index in [1.54, 1.807) is 0 Å². The zero-order valence-corrected chi connectivity index (χ0v) is 10.8. The lowest BCUT2D eigenvalue weighted by molar-refractivity contribution is 0.0619. The van der Waals surface area contributed by atoms with Gasteiger partial charge in [-0.2, -0.15) is 0 Å². The molecule has 0 aromatic heterocycles. The highest BCUT2D eigenvalue weighted by Crippen LogP contribution is 2.32. The van der Waals surface area contributed by atoms with Gasteiger partial charge in [-0.1, -0.05) is 29.8 Å². The SMILES string of the molecule is NCC(CC1CCOCC1)c1ccccc1Cl. The number of hydrogen-bond acceptors (Lipinski definition) is 2. The van der Waals surface area contributed by atoms with E-state index in [4.69, 9.17) is 22.1 Å². The van der Waals surface area contributed by atoms with E-state index in [1.807, 2.05) is 18.2 Å². The Hall–Kier alpha value is -0.570. The molecule has 1 aliphatic rings. The quantitative estimate of drug-likeness (QED) is 0.895. The van der Waals surface area contributed by atoms with Crippen molar-refractivity contribution in [2.24, 2.45) is 11.7 Å². The molecule has 2 N–H and O–H groups in total. The molecule has 3 heteroatoms. The van der Waals surface area contributed by atoms with Gasteiger partial charge in [0, 0.05) is 18.2 Å². The molecule has 17 heavy (non-hydrogen) atoms. The Morgan fingerprint density at radius 3 is 2.65 bits per heavy atom. The topological polar surface area (TPSA) is 35.2 Å². The van der Waals surface area contributed by atoms with Crippen LogP contribution in [0.15, 0.2) is 24.3 Å². The van der Waals surface area contributed by atoms with Crippen LogP contribution in [0, 0.1) is 5.92 Å². The van der Waals surface area contributed by atoms with E-state index in [-0.39, 0.29) is 0 Å². The molecule has 2 nitrogen and oxygen atoms in total. The molecule has 2 rings (SSSR count). The molecule has 1 fully saturated rings. The number of ether oxygens (including phenoxy) is 1. The Morgan fingerprint density at radius 2 is 2.00 bits per heavy atom. The van der Waals surface area contributed by atoms with Crippen molar-refractivity contribution in [3.8, 4) is 0 Å². The van der Waals surface area contributed by atoms with E-state index in [1.165, 1.54) is 5.56 Å². The number of rotatable bonds is 4. The standard InChI is InChI=1S/C14H20ClNO/c15-14-4-2-1-3-13(14)12(10-16)9-11-5-7-17-8-6-11/h1-4,11-12H,5-10,16H2. The molecule has 1 atom stereocenters. The number of halogens is 1. The van der Waals surface area contributed by atoms with E-state index in [9.17, 15) is 0 Å². The first-order valence-corrected chi connectivity index (χ1v) is 6.71. The molecule has 94 valence electrons. The summed E-state index contributed by atoms with van der Waals surface area (Å²) in [5.74, 6) is 1.11. The van der Waals surface area contributed by atoms with E-state index in [0.29, 0.717) is 12.5 Å². The first-order chi connectivity index (χ1) is 8.31. The summed E-state index contributed by atoms with van der Waals surface area (Å²) in [6.07, 6.45) is 3.44. The predicted molar refractivity (Wildman–Crippen MR) is 71.4 cm³/mol. The molecule has 1 heterocycles. The van der Waals surface area contributed by atoms with Crippen LogP contribution in [0.4, 0.5) is 0 Å². The third-order valence-electron chi connectivity index (χ3n) is 3.59. The molecule has 0 spiro atoms. The van der Waals surface area contributed by atoms with Crippen LogP contribution in [-0.2, 0) is 4.74 Å². The second kappa shape index (κ2) is 6.39. The third kappa shape index (κ3) is 3.44. The lowest BCUT2D eigenvalue weighted by Gasteiger charge is -2.26. The van der Waals surface area contributed by atoms with Gasteiger partial charge in [-0.3, -0.25) is 0 Å². The first-order valence-electron chi connectivity index (χ1n) is 6.33. The van der Waals surface area contributed by atoms with Crippen LogP contribution in [0.3, 0.4) is 0 Å². The Balaban J connectivity index is 2.03. The molecule has 1 aromatic carbocycles. The predicted octanol–water partition coefficient (Wildman–Crippen LogP) is 3.20. The summed E-state index contributed by atoms with van der Waals surface area (Å²) in [5, 5.41) is 0.843. The summed E-state index contributed by atoms with van der Waals surface area (Å²) in [7, 11) is 0. The van der Waals surface area contributed by atoms with Crippen LogP contribution in [-0.4, -0.2) is 19.8 Å². The van der Waals surface area contributed by atoms with Crippen molar-refractivity contribution in [3.05, 3.63) is 34.9 Å². The zero-order valence-electron chi connectivity index (χ0n) is 10.1. The summed E-state index contributed by atoms with van der Waals surface area (Å²) >= 11 is 6.24. The maximum atomic E-state index is 6.24. The Morgan fingerprint density at radius 1 is 1.29 bits per heavy atom. The molecular weight excluding hydrogens is 234 g/mol. The summed E-state index contributed by atoms with van der Waals surface area (Å²) in [6.45, 7) is 2.45. The van der Waals surface area contributed by atoms with E-state index < -0.39 is 0 Å². The molecule has 0 amide bonds. The summed E-state index contributed by atoms with van der Waals surface area (Å²) in [6, 6.07) is 8.05. The fourth-order valence-electron chi connectivity index (χ4n) is 2.54. The van der Waals surface area contributed by atoms with Gasteiger partial charge < -0.3 is 10.5 Å². The highest BCUT2D eigenvalue weighted by molar-refractivity contribution is 6.31. The average molecular weight is 254 g/mol. The van der Waals surface area contributed by atoms with Gasteiger partial charge in [-0.25, -0.2) is 0 Å². The largest absolute Gasteiger partial charge is 0.381 e. The first kappa shape index (κ1) is 12.9. The van der Waals surface area contributed by atoms with Crippen molar-refractivity contribution in [2.45, 2.75) is 25.2 Å². The van der Waals surface area contributed by atoms with Crippen LogP contribution >= 0.6 is 11.6 Å². The normalized spacial score (nSPS) is 19.2. The van der Waals surface area contributed by atoms with Crippen molar-refractivity contribution < 1.29 is 4.74 Å². The number of hydrogen-bond donors (Lipinski definition) is 1. The van der Waals surface area contributed by atoms with E-state index in [0.717, 1.165) is 43.4 Å².